The number of carbonyl (C=O) groups excluding carboxylic acids is 1. The van der Waals surface area contributed by atoms with Gasteiger partial charge in [0.15, 0.2) is 0 Å². The van der Waals surface area contributed by atoms with E-state index < -0.39 is 29.0 Å². The maximum absolute atomic E-state index is 13.9. The molecule has 1 aromatic rings. The first kappa shape index (κ1) is 14.8. The molecule has 20 heavy (non-hydrogen) atoms. The van der Waals surface area contributed by atoms with E-state index in [1.54, 1.807) is 0 Å². The van der Waals surface area contributed by atoms with E-state index in [-0.39, 0.29) is 6.04 Å². The summed E-state index contributed by atoms with van der Waals surface area (Å²) in [7, 11) is 0. The van der Waals surface area contributed by atoms with Crippen LogP contribution in [-0.4, -0.2) is 29.9 Å². The Kier molecular flexibility index (Phi) is 3.99. The summed E-state index contributed by atoms with van der Waals surface area (Å²) in [6.07, 6.45) is -3.69. The zero-order valence-electron chi connectivity index (χ0n) is 10.6. The molecule has 0 bridgehead atoms. The van der Waals surface area contributed by atoms with Crippen LogP contribution in [0.25, 0.3) is 0 Å². The number of hydrogen-bond donors (Lipinski definition) is 1. The Morgan fingerprint density at radius 1 is 1.25 bits per heavy atom. The fourth-order valence-corrected chi connectivity index (χ4v) is 2.19. The van der Waals surface area contributed by atoms with Gasteiger partial charge in [0.05, 0.1) is 11.1 Å². The Morgan fingerprint density at radius 2 is 1.85 bits per heavy atom. The van der Waals surface area contributed by atoms with Crippen LogP contribution in [0.2, 0.25) is 0 Å². The van der Waals surface area contributed by atoms with Crippen LogP contribution in [0.4, 0.5) is 17.6 Å². The summed E-state index contributed by atoms with van der Waals surface area (Å²) < 4.78 is 51.7. The van der Waals surface area contributed by atoms with Crippen LogP contribution in [0.1, 0.15) is 28.8 Å². The summed E-state index contributed by atoms with van der Waals surface area (Å²) in [5.74, 6) is -2.24. The summed E-state index contributed by atoms with van der Waals surface area (Å²) in [4.78, 5) is 13.4. The quantitative estimate of drug-likeness (QED) is 0.807. The number of nitrogens with zero attached hydrogens (tertiary/aromatic N) is 1. The summed E-state index contributed by atoms with van der Waals surface area (Å²) in [5, 5.41) is 0. The predicted molar refractivity (Wildman–Crippen MR) is 64.5 cm³/mol. The smallest absolute Gasteiger partial charge is 0.338 e. The highest BCUT2D eigenvalue weighted by molar-refractivity contribution is 5.94. The molecular weight excluding hydrogens is 276 g/mol. The van der Waals surface area contributed by atoms with Crippen molar-refractivity contribution in [1.29, 1.82) is 0 Å². The monoisotopic (exact) mass is 290 g/mol. The zero-order valence-corrected chi connectivity index (χ0v) is 10.6. The molecule has 3 nitrogen and oxygen atoms in total. The minimum absolute atomic E-state index is 0.0228. The van der Waals surface area contributed by atoms with Crippen LogP contribution in [0.3, 0.4) is 0 Å². The number of benzene rings is 1. The fraction of sp³-hybridized carbons (Fsp3) is 0.462. The lowest BCUT2D eigenvalue weighted by Gasteiger charge is -2.30. The molecule has 1 aliphatic heterocycles. The Hall–Kier alpha value is -1.63. The van der Waals surface area contributed by atoms with Gasteiger partial charge < -0.3 is 10.6 Å². The summed E-state index contributed by atoms with van der Waals surface area (Å²) in [5.41, 5.74) is 3.72. The van der Waals surface area contributed by atoms with E-state index >= 15 is 0 Å². The van der Waals surface area contributed by atoms with Crippen molar-refractivity contribution in [1.82, 2.24) is 4.90 Å². The molecule has 0 atom stereocenters. The molecule has 0 saturated carbocycles. The molecule has 0 aliphatic carbocycles. The van der Waals surface area contributed by atoms with Gasteiger partial charge in [0.25, 0.3) is 5.91 Å². The molecule has 1 amide bonds. The average molecular weight is 290 g/mol. The number of alkyl halides is 3. The van der Waals surface area contributed by atoms with Crippen molar-refractivity contribution < 1.29 is 22.4 Å². The third-order valence-corrected chi connectivity index (χ3v) is 3.36. The molecule has 7 heteroatoms. The van der Waals surface area contributed by atoms with Gasteiger partial charge in [-0.3, -0.25) is 4.79 Å². The van der Waals surface area contributed by atoms with Gasteiger partial charge in [-0.05, 0) is 25.0 Å². The highest BCUT2D eigenvalue weighted by Gasteiger charge is 2.36. The SMILES string of the molecule is NC1CCN(C(=O)c2cccc(C(F)(F)F)c2F)CC1. The molecule has 0 radical (unpaired) electrons. The topological polar surface area (TPSA) is 46.3 Å². The lowest BCUT2D eigenvalue weighted by atomic mass is 10.0. The second kappa shape index (κ2) is 5.40. The van der Waals surface area contributed by atoms with Crippen molar-refractivity contribution in [2.45, 2.75) is 25.1 Å². The predicted octanol–water partition coefficient (Wildman–Crippen LogP) is 2.41. The Labute approximate surface area is 113 Å². The van der Waals surface area contributed by atoms with Crippen LogP contribution >= 0.6 is 0 Å². The van der Waals surface area contributed by atoms with E-state index in [4.69, 9.17) is 5.73 Å². The molecule has 1 aliphatic rings. The van der Waals surface area contributed by atoms with Gasteiger partial charge >= 0.3 is 6.18 Å². The van der Waals surface area contributed by atoms with E-state index in [0.717, 1.165) is 12.1 Å². The zero-order chi connectivity index (χ0) is 14.9. The first-order chi connectivity index (χ1) is 9.30. The Balaban J connectivity index is 2.27. The highest BCUT2D eigenvalue weighted by Crippen LogP contribution is 2.32. The molecular formula is C13H14F4N2O. The van der Waals surface area contributed by atoms with Crippen LogP contribution in [0, 0.1) is 5.82 Å². The number of hydrogen-bond acceptors (Lipinski definition) is 2. The first-order valence-electron chi connectivity index (χ1n) is 6.21. The minimum Gasteiger partial charge on any atom is -0.338 e. The highest BCUT2D eigenvalue weighted by atomic mass is 19.4. The molecule has 2 N–H and O–H groups in total. The van der Waals surface area contributed by atoms with Crippen molar-refractivity contribution in [2.24, 2.45) is 5.73 Å². The van der Waals surface area contributed by atoms with Crippen LogP contribution in [0.15, 0.2) is 18.2 Å². The average Bonchev–Trinajstić information content (AvgIpc) is 2.37. The van der Waals surface area contributed by atoms with Crippen LogP contribution in [0.5, 0.6) is 0 Å². The van der Waals surface area contributed by atoms with Crippen LogP contribution < -0.4 is 5.73 Å². The van der Waals surface area contributed by atoms with Gasteiger partial charge in [-0.25, -0.2) is 4.39 Å². The third kappa shape index (κ3) is 2.92. The third-order valence-electron chi connectivity index (χ3n) is 3.36. The fourth-order valence-electron chi connectivity index (χ4n) is 2.19. The Morgan fingerprint density at radius 3 is 2.40 bits per heavy atom. The van der Waals surface area contributed by atoms with E-state index in [0.29, 0.717) is 32.0 Å². The Bertz CT molecular complexity index is 508. The van der Waals surface area contributed by atoms with Gasteiger partial charge in [-0.15, -0.1) is 0 Å². The maximum Gasteiger partial charge on any atom is 0.419 e. The lowest BCUT2D eigenvalue weighted by molar-refractivity contribution is -0.140. The molecule has 0 aromatic heterocycles. The van der Waals surface area contributed by atoms with Gasteiger partial charge in [-0.2, -0.15) is 13.2 Å². The molecule has 1 heterocycles. The molecule has 1 aromatic carbocycles. The number of rotatable bonds is 1. The molecule has 2 rings (SSSR count). The number of amides is 1. The second-order valence-electron chi connectivity index (χ2n) is 4.79. The number of piperidine rings is 1. The van der Waals surface area contributed by atoms with Crippen molar-refractivity contribution in [3.63, 3.8) is 0 Å². The first-order valence-corrected chi connectivity index (χ1v) is 6.21. The van der Waals surface area contributed by atoms with Gasteiger partial charge in [0.1, 0.15) is 5.82 Å². The van der Waals surface area contributed by atoms with Crippen molar-refractivity contribution in [3.05, 3.63) is 35.1 Å². The molecule has 110 valence electrons. The summed E-state index contributed by atoms with van der Waals surface area (Å²) in [6, 6.07) is 2.71. The summed E-state index contributed by atoms with van der Waals surface area (Å²) in [6.45, 7) is 0.658. The van der Waals surface area contributed by atoms with Gasteiger partial charge in [0, 0.05) is 19.1 Å². The van der Waals surface area contributed by atoms with Crippen molar-refractivity contribution >= 4 is 5.91 Å². The maximum atomic E-state index is 13.9. The second-order valence-corrected chi connectivity index (χ2v) is 4.79. The largest absolute Gasteiger partial charge is 0.419 e. The van der Waals surface area contributed by atoms with E-state index in [1.165, 1.54) is 4.90 Å². The number of likely N-dealkylation sites (tertiary alicyclic amines) is 1. The van der Waals surface area contributed by atoms with Gasteiger partial charge in [0.2, 0.25) is 0 Å². The standard InChI is InChI=1S/C13H14F4N2O/c14-11-9(2-1-3-10(11)13(15,16)17)12(20)19-6-4-8(18)5-7-19/h1-3,8H,4-7,18H2. The lowest BCUT2D eigenvalue weighted by Crippen LogP contribution is -2.43. The molecule has 1 fully saturated rings. The minimum atomic E-state index is -4.81. The molecule has 0 unspecified atom stereocenters. The van der Waals surface area contributed by atoms with Crippen molar-refractivity contribution in [3.8, 4) is 0 Å². The molecule has 0 spiro atoms. The van der Waals surface area contributed by atoms with Gasteiger partial charge in [-0.1, -0.05) is 6.07 Å². The van der Waals surface area contributed by atoms with Crippen LogP contribution in [-0.2, 0) is 6.18 Å². The number of nitrogens with two attached hydrogens (primary N) is 1. The summed E-state index contributed by atoms with van der Waals surface area (Å²) >= 11 is 0. The van der Waals surface area contributed by atoms with E-state index in [2.05, 4.69) is 0 Å². The number of carbonyl (C=O) groups is 1. The van der Waals surface area contributed by atoms with E-state index in [9.17, 15) is 22.4 Å². The molecule has 1 saturated heterocycles. The normalized spacial score (nSPS) is 17.4. The number of halogens is 4. The van der Waals surface area contributed by atoms with E-state index in [1.807, 2.05) is 0 Å². The van der Waals surface area contributed by atoms with Crippen molar-refractivity contribution in [2.75, 3.05) is 13.1 Å².